The van der Waals surface area contributed by atoms with Crippen LogP contribution in [0.1, 0.15) is 25.7 Å². The first-order valence-electron chi connectivity index (χ1n) is 5.53. The van der Waals surface area contributed by atoms with E-state index in [2.05, 4.69) is 10.0 Å². The number of nitro groups is 1. The lowest BCUT2D eigenvalue weighted by Gasteiger charge is -2.18. The maximum absolute atomic E-state index is 11.0. The van der Waals surface area contributed by atoms with Gasteiger partial charge in [-0.3, -0.25) is 19.7 Å². The Morgan fingerprint density at radius 2 is 1.90 bits per heavy atom. The van der Waals surface area contributed by atoms with E-state index >= 15 is 0 Å². The summed E-state index contributed by atoms with van der Waals surface area (Å²) < 4.78 is 9.56. The fourth-order valence-corrected chi connectivity index (χ4v) is 1.49. The summed E-state index contributed by atoms with van der Waals surface area (Å²) >= 11 is 0. The van der Waals surface area contributed by atoms with Crippen LogP contribution in [0.15, 0.2) is 23.3 Å². The summed E-state index contributed by atoms with van der Waals surface area (Å²) in [7, 11) is 0. The lowest BCUT2D eigenvalue weighted by atomic mass is 10.1. The maximum Gasteiger partial charge on any atom is 0.305 e. The first kappa shape index (κ1) is 15.9. The van der Waals surface area contributed by atoms with Crippen LogP contribution < -0.4 is 0 Å². The van der Waals surface area contributed by atoms with Crippen molar-refractivity contribution in [3.63, 3.8) is 0 Å². The summed E-state index contributed by atoms with van der Waals surface area (Å²) in [4.78, 5) is 34.7. The fraction of sp³-hybridized carbons (Fsp3) is 0.273. The molecule has 0 heterocycles. The number of rotatable bonds is 5. The van der Waals surface area contributed by atoms with E-state index in [1.54, 1.807) is 0 Å². The van der Waals surface area contributed by atoms with Gasteiger partial charge in [0, 0.05) is 30.4 Å². The van der Waals surface area contributed by atoms with Gasteiger partial charge in [-0.1, -0.05) is 17.2 Å². The molecule has 0 aliphatic rings. The molecule has 0 spiro atoms. The van der Waals surface area contributed by atoms with Crippen molar-refractivity contribution in [2.24, 2.45) is 5.11 Å². The Hall–Kier alpha value is -3.13. The van der Waals surface area contributed by atoms with Crippen LogP contribution in [-0.2, 0) is 19.1 Å². The van der Waals surface area contributed by atoms with Crippen molar-refractivity contribution >= 4 is 23.3 Å². The molecule has 1 rings (SSSR count). The Morgan fingerprint density at radius 1 is 1.33 bits per heavy atom. The Labute approximate surface area is 118 Å². The monoisotopic (exact) mass is 294 g/mol. The molecule has 0 unspecified atom stereocenters. The minimum Gasteiger partial charge on any atom is -0.421 e. The highest BCUT2D eigenvalue weighted by atomic mass is 16.7. The molecule has 10 heteroatoms. The van der Waals surface area contributed by atoms with Gasteiger partial charge in [-0.05, 0) is 5.53 Å². The van der Waals surface area contributed by atoms with Gasteiger partial charge in [0.15, 0.2) is 0 Å². The average molecular weight is 294 g/mol. The van der Waals surface area contributed by atoms with E-state index in [4.69, 9.17) is 15.0 Å². The van der Waals surface area contributed by atoms with Gasteiger partial charge < -0.3 is 9.47 Å². The molecule has 0 aliphatic heterocycles. The second-order valence-electron chi connectivity index (χ2n) is 3.71. The van der Waals surface area contributed by atoms with Crippen molar-refractivity contribution in [1.82, 2.24) is 0 Å². The molecule has 0 radical (unpaired) electrons. The second kappa shape index (κ2) is 6.87. The predicted molar refractivity (Wildman–Crippen MR) is 68.2 cm³/mol. The molecule has 21 heavy (non-hydrogen) atoms. The third kappa shape index (κ3) is 4.18. The van der Waals surface area contributed by atoms with E-state index in [0.717, 1.165) is 19.9 Å². The van der Waals surface area contributed by atoms with Gasteiger partial charge in [0.2, 0.25) is 0 Å². The molecule has 0 fully saturated rings. The third-order valence-corrected chi connectivity index (χ3v) is 2.19. The average Bonchev–Trinajstić information content (AvgIpc) is 2.37. The number of nitrogens with zero attached hydrogens (tertiary/aromatic N) is 4. The van der Waals surface area contributed by atoms with Crippen LogP contribution in [0.2, 0.25) is 0 Å². The number of esters is 2. The Balaban J connectivity index is 3.45. The number of azide groups is 1. The van der Waals surface area contributed by atoms with E-state index in [0.29, 0.717) is 0 Å². The Bertz CT molecular complexity index is 622. The van der Waals surface area contributed by atoms with E-state index in [9.17, 15) is 19.7 Å². The highest BCUT2D eigenvalue weighted by Crippen LogP contribution is 2.37. The Kier molecular flexibility index (Phi) is 5.21. The molecular weight excluding hydrogens is 284 g/mol. The number of carbonyl (C=O) groups is 2. The molecule has 1 aromatic carbocycles. The summed E-state index contributed by atoms with van der Waals surface area (Å²) in [6.07, 6.45) is -1.54. The van der Waals surface area contributed by atoms with Crippen LogP contribution in [-0.4, -0.2) is 16.9 Å². The minimum atomic E-state index is -1.54. The largest absolute Gasteiger partial charge is 0.421 e. The molecule has 10 nitrogen and oxygen atoms in total. The standard InChI is InChI=1S/C11H10N4O6/c1-6(16)20-11(21-7(2)17)8-4-3-5-9(15(18)19)10(8)13-14-12/h3-5,11H,1-2H3. The maximum atomic E-state index is 11.0. The normalized spacial score (nSPS) is 9.67. The van der Waals surface area contributed by atoms with Gasteiger partial charge in [-0.15, -0.1) is 0 Å². The highest BCUT2D eigenvalue weighted by Gasteiger charge is 2.26. The number of hydrogen-bond acceptors (Lipinski definition) is 7. The van der Waals surface area contributed by atoms with E-state index in [-0.39, 0.29) is 5.56 Å². The minimum absolute atomic E-state index is 0.104. The summed E-state index contributed by atoms with van der Waals surface area (Å²) in [5, 5.41) is 14.1. The van der Waals surface area contributed by atoms with Crippen LogP contribution in [0.5, 0.6) is 0 Å². The van der Waals surface area contributed by atoms with Gasteiger partial charge in [-0.25, -0.2) is 0 Å². The summed E-state index contributed by atoms with van der Waals surface area (Å²) in [5.74, 6) is -1.56. The van der Waals surface area contributed by atoms with Gasteiger partial charge >= 0.3 is 11.9 Å². The van der Waals surface area contributed by atoms with Gasteiger partial charge in [0.25, 0.3) is 12.0 Å². The number of carbonyl (C=O) groups excluding carboxylic acids is 2. The lowest BCUT2D eigenvalue weighted by Crippen LogP contribution is -2.15. The summed E-state index contributed by atoms with van der Waals surface area (Å²) in [6, 6.07) is 3.67. The first-order chi connectivity index (χ1) is 9.86. The lowest BCUT2D eigenvalue weighted by molar-refractivity contribution is -0.384. The van der Waals surface area contributed by atoms with Crippen LogP contribution in [0.4, 0.5) is 11.4 Å². The van der Waals surface area contributed by atoms with Crippen LogP contribution >= 0.6 is 0 Å². The Morgan fingerprint density at radius 3 is 2.33 bits per heavy atom. The van der Waals surface area contributed by atoms with Crippen molar-refractivity contribution in [2.45, 2.75) is 20.1 Å². The summed E-state index contributed by atoms with van der Waals surface area (Å²) in [5.41, 5.74) is 7.52. The molecule has 0 N–H and O–H groups in total. The van der Waals surface area contributed by atoms with Crippen LogP contribution in [0, 0.1) is 10.1 Å². The SMILES string of the molecule is CC(=O)OC(OC(C)=O)c1cccc([N+](=O)[O-])c1N=[N+]=[N-]. The molecule has 0 bridgehead atoms. The molecule has 0 saturated heterocycles. The number of benzene rings is 1. The smallest absolute Gasteiger partial charge is 0.305 e. The molecule has 0 amide bonds. The van der Waals surface area contributed by atoms with Crippen molar-refractivity contribution < 1.29 is 24.0 Å². The van der Waals surface area contributed by atoms with Crippen molar-refractivity contribution in [1.29, 1.82) is 0 Å². The zero-order valence-corrected chi connectivity index (χ0v) is 11.0. The number of ether oxygens (including phenoxy) is 2. The number of hydrogen-bond donors (Lipinski definition) is 0. The van der Waals surface area contributed by atoms with E-state index in [1.165, 1.54) is 12.1 Å². The quantitative estimate of drug-likeness (QED) is 0.155. The topological polar surface area (TPSA) is 145 Å². The van der Waals surface area contributed by atoms with Crippen molar-refractivity contribution in [2.75, 3.05) is 0 Å². The van der Waals surface area contributed by atoms with Gasteiger partial charge in [0.1, 0.15) is 5.69 Å². The molecule has 0 saturated carbocycles. The van der Waals surface area contributed by atoms with Crippen molar-refractivity contribution in [3.8, 4) is 0 Å². The molecule has 110 valence electrons. The van der Waals surface area contributed by atoms with E-state index < -0.39 is 34.5 Å². The molecule has 0 aromatic heterocycles. The number of nitro benzene ring substituents is 1. The molecule has 0 aliphatic carbocycles. The zero-order chi connectivity index (χ0) is 16.0. The second-order valence-corrected chi connectivity index (χ2v) is 3.71. The predicted octanol–water partition coefficient (Wildman–Crippen LogP) is 2.66. The van der Waals surface area contributed by atoms with Gasteiger partial charge in [-0.2, -0.15) is 0 Å². The highest BCUT2D eigenvalue weighted by molar-refractivity contribution is 5.70. The summed E-state index contributed by atoms with van der Waals surface area (Å²) in [6.45, 7) is 2.14. The van der Waals surface area contributed by atoms with Crippen molar-refractivity contribution in [3.05, 3.63) is 44.3 Å². The molecule has 0 atom stereocenters. The molecular formula is C11H10N4O6. The van der Waals surface area contributed by atoms with Crippen LogP contribution in [0.3, 0.4) is 0 Å². The van der Waals surface area contributed by atoms with Crippen LogP contribution in [0.25, 0.3) is 10.4 Å². The fourth-order valence-electron chi connectivity index (χ4n) is 1.49. The van der Waals surface area contributed by atoms with E-state index in [1.807, 2.05) is 0 Å². The third-order valence-electron chi connectivity index (χ3n) is 2.19. The zero-order valence-electron chi connectivity index (χ0n) is 11.0. The van der Waals surface area contributed by atoms with Gasteiger partial charge in [0.05, 0.1) is 4.92 Å². The molecule has 1 aromatic rings. The first-order valence-corrected chi connectivity index (χ1v) is 5.53.